The second-order valence-corrected chi connectivity index (χ2v) is 6.49. The highest BCUT2D eigenvalue weighted by molar-refractivity contribution is 7.14. The molecule has 0 unspecified atom stereocenters. The molecule has 3 rings (SSSR count). The molecule has 0 aliphatic rings. The number of nitrogens with one attached hydrogen (secondary N) is 1. The van der Waals surface area contributed by atoms with Gasteiger partial charge in [0.1, 0.15) is 0 Å². The van der Waals surface area contributed by atoms with Crippen LogP contribution < -0.4 is 5.43 Å². The summed E-state index contributed by atoms with van der Waals surface area (Å²) in [5, 5.41) is 17.8. The summed E-state index contributed by atoms with van der Waals surface area (Å²) in [5.41, 5.74) is 6.78. The molecule has 0 radical (unpaired) electrons. The van der Waals surface area contributed by atoms with Gasteiger partial charge in [-0.2, -0.15) is 5.10 Å². The van der Waals surface area contributed by atoms with Gasteiger partial charge in [-0.15, -0.1) is 11.3 Å². The Balaban J connectivity index is 1.76. The van der Waals surface area contributed by atoms with E-state index in [9.17, 15) is 10.1 Å². The van der Waals surface area contributed by atoms with Gasteiger partial charge in [0.25, 0.3) is 5.69 Å². The number of nitro benzene ring substituents is 1. The normalized spacial score (nSPS) is 11.3. The smallest absolute Gasteiger partial charge is 0.258 e. The molecule has 0 aliphatic heterocycles. The van der Waals surface area contributed by atoms with Crippen molar-refractivity contribution in [3.05, 3.63) is 75.7 Å². The highest BCUT2D eigenvalue weighted by Crippen LogP contribution is 2.26. The minimum Gasteiger partial charge on any atom is -0.258 e. The van der Waals surface area contributed by atoms with Gasteiger partial charge in [-0.05, 0) is 24.1 Å². The number of rotatable bonds is 7. The summed E-state index contributed by atoms with van der Waals surface area (Å²) >= 11 is 1.45. The Morgan fingerprint density at radius 3 is 2.58 bits per heavy atom. The second kappa shape index (κ2) is 8.35. The molecule has 0 aliphatic carbocycles. The predicted molar refractivity (Wildman–Crippen MR) is 106 cm³/mol. The number of aromatic nitrogens is 1. The first-order valence-electron chi connectivity index (χ1n) is 8.25. The van der Waals surface area contributed by atoms with Gasteiger partial charge in [0.2, 0.25) is 5.13 Å². The molecule has 1 aromatic heterocycles. The monoisotopic (exact) mass is 366 g/mol. The molecule has 0 saturated heterocycles. The lowest BCUT2D eigenvalue weighted by Gasteiger charge is -2.05. The first-order valence-corrected chi connectivity index (χ1v) is 9.13. The van der Waals surface area contributed by atoms with Crippen LogP contribution in [0.1, 0.15) is 25.3 Å². The number of thiazole rings is 1. The van der Waals surface area contributed by atoms with E-state index in [1.165, 1.54) is 23.5 Å². The van der Waals surface area contributed by atoms with Gasteiger partial charge in [0.15, 0.2) is 0 Å². The Hall–Kier alpha value is -3.06. The average Bonchev–Trinajstić information content (AvgIpc) is 3.15. The van der Waals surface area contributed by atoms with Crippen LogP contribution in [0.25, 0.3) is 11.3 Å². The van der Waals surface area contributed by atoms with Crippen molar-refractivity contribution in [3.8, 4) is 11.3 Å². The third-order valence-electron chi connectivity index (χ3n) is 3.76. The number of non-ortho nitro benzene ring substituents is 1. The number of nitrogens with zero attached hydrogens (tertiary/aromatic N) is 3. The summed E-state index contributed by atoms with van der Waals surface area (Å²) in [6.45, 7) is 2.12. The zero-order valence-electron chi connectivity index (χ0n) is 14.3. The van der Waals surface area contributed by atoms with Crippen molar-refractivity contribution >= 4 is 27.9 Å². The van der Waals surface area contributed by atoms with E-state index in [1.54, 1.807) is 12.1 Å². The first-order chi connectivity index (χ1) is 12.7. The van der Waals surface area contributed by atoms with Gasteiger partial charge in [0.05, 0.1) is 16.3 Å². The van der Waals surface area contributed by atoms with Crippen molar-refractivity contribution < 1.29 is 4.92 Å². The van der Waals surface area contributed by atoms with E-state index in [0.717, 1.165) is 35.4 Å². The lowest BCUT2D eigenvalue weighted by atomic mass is 10.1. The maximum absolute atomic E-state index is 10.7. The van der Waals surface area contributed by atoms with Gasteiger partial charge in [-0.1, -0.05) is 43.7 Å². The Kier molecular flexibility index (Phi) is 5.70. The standard InChI is InChI=1S/C19H18N4O2S/c1-2-6-17(14-7-4-3-5-8-14)21-22-19-20-18(13-26-19)15-9-11-16(12-10-15)23(24)25/h3-5,7-13H,2,6H2,1H3,(H,20,22)/b21-17-. The van der Waals surface area contributed by atoms with Crippen LogP contribution >= 0.6 is 11.3 Å². The quantitative estimate of drug-likeness (QED) is 0.348. The fraction of sp³-hybridized carbons (Fsp3) is 0.158. The SMILES string of the molecule is CCC/C(=N/Nc1nc(-c2ccc([N+](=O)[O-])cc2)cs1)c1ccccc1. The number of hydrogen-bond acceptors (Lipinski definition) is 6. The van der Waals surface area contributed by atoms with Crippen LogP contribution in [0.5, 0.6) is 0 Å². The summed E-state index contributed by atoms with van der Waals surface area (Å²) in [6.07, 6.45) is 1.87. The molecule has 3 aromatic rings. The molecule has 7 heteroatoms. The Bertz CT molecular complexity index is 905. The maximum Gasteiger partial charge on any atom is 0.269 e. The van der Waals surface area contributed by atoms with E-state index >= 15 is 0 Å². The summed E-state index contributed by atoms with van der Waals surface area (Å²) in [4.78, 5) is 14.8. The molecule has 26 heavy (non-hydrogen) atoms. The predicted octanol–water partition coefficient (Wildman–Crippen LogP) is 5.33. The van der Waals surface area contributed by atoms with E-state index in [2.05, 4.69) is 22.4 Å². The van der Waals surface area contributed by atoms with Crippen molar-refractivity contribution in [2.75, 3.05) is 5.43 Å². The van der Waals surface area contributed by atoms with Crippen LogP contribution in [0.15, 0.2) is 65.1 Å². The number of anilines is 1. The van der Waals surface area contributed by atoms with Crippen molar-refractivity contribution in [2.24, 2.45) is 5.10 Å². The fourth-order valence-electron chi connectivity index (χ4n) is 2.46. The second-order valence-electron chi connectivity index (χ2n) is 5.63. The largest absolute Gasteiger partial charge is 0.269 e. The van der Waals surface area contributed by atoms with Crippen LogP contribution in [-0.4, -0.2) is 15.6 Å². The molecule has 6 nitrogen and oxygen atoms in total. The number of benzene rings is 2. The molecule has 0 bridgehead atoms. The molecule has 0 atom stereocenters. The van der Waals surface area contributed by atoms with E-state index in [0.29, 0.717) is 5.13 Å². The number of hydrazone groups is 1. The highest BCUT2D eigenvalue weighted by atomic mass is 32.1. The summed E-state index contributed by atoms with van der Waals surface area (Å²) < 4.78 is 0. The van der Waals surface area contributed by atoms with E-state index in [4.69, 9.17) is 0 Å². The van der Waals surface area contributed by atoms with Gasteiger partial charge < -0.3 is 0 Å². The highest BCUT2D eigenvalue weighted by Gasteiger charge is 2.08. The van der Waals surface area contributed by atoms with Crippen LogP contribution in [0.2, 0.25) is 0 Å². The molecule has 0 saturated carbocycles. The van der Waals surface area contributed by atoms with Gasteiger partial charge in [-0.3, -0.25) is 15.5 Å². The topological polar surface area (TPSA) is 80.4 Å². The van der Waals surface area contributed by atoms with Crippen LogP contribution in [0.4, 0.5) is 10.8 Å². The minimum atomic E-state index is -0.411. The Morgan fingerprint density at radius 2 is 1.92 bits per heavy atom. The lowest BCUT2D eigenvalue weighted by molar-refractivity contribution is -0.384. The molecule has 0 spiro atoms. The Labute approximate surface area is 155 Å². The summed E-state index contributed by atoms with van der Waals surface area (Å²) in [7, 11) is 0. The van der Waals surface area contributed by atoms with Crippen LogP contribution in [0.3, 0.4) is 0 Å². The van der Waals surface area contributed by atoms with Crippen molar-refractivity contribution in [1.82, 2.24) is 4.98 Å². The molecular formula is C19H18N4O2S. The molecule has 2 aromatic carbocycles. The number of nitro groups is 1. The average molecular weight is 366 g/mol. The van der Waals surface area contributed by atoms with E-state index < -0.39 is 4.92 Å². The minimum absolute atomic E-state index is 0.0685. The molecule has 1 N–H and O–H groups in total. The first kappa shape index (κ1) is 17.8. The number of hydrogen-bond donors (Lipinski definition) is 1. The fourth-order valence-corrected chi connectivity index (χ4v) is 3.12. The molecule has 132 valence electrons. The van der Waals surface area contributed by atoms with Crippen molar-refractivity contribution in [2.45, 2.75) is 19.8 Å². The van der Waals surface area contributed by atoms with Crippen LogP contribution in [0, 0.1) is 10.1 Å². The van der Waals surface area contributed by atoms with Crippen molar-refractivity contribution in [3.63, 3.8) is 0 Å². The summed E-state index contributed by atoms with van der Waals surface area (Å²) in [5.74, 6) is 0. The third-order valence-corrected chi connectivity index (χ3v) is 4.51. The van der Waals surface area contributed by atoms with Crippen LogP contribution in [-0.2, 0) is 0 Å². The van der Waals surface area contributed by atoms with E-state index in [1.807, 2.05) is 35.7 Å². The van der Waals surface area contributed by atoms with Gasteiger partial charge in [0, 0.05) is 23.1 Å². The van der Waals surface area contributed by atoms with E-state index in [-0.39, 0.29) is 5.69 Å². The zero-order chi connectivity index (χ0) is 18.4. The zero-order valence-corrected chi connectivity index (χ0v) is 15.1. The van der Waals surface area contributed by atoms with Crippen molar-refractivity contribution in [1.29, 1.82) is 0 Å². The molecule has 0 fully saturated rings. The maximum atomic E-state index is 10.7. The molecule has 0 amide bonds. The summed E-state index contributed by atoms with van der Waals surface area (Å²) in [6, 6.07) is 16.4. The van der Waals surface area contributed by atoms with Gasteiger partial charge >= 0.3 is 0 Å². The Morgan fingerprint density at radius 1 is 1.19 bits per heavy atom. The van der Waals surface area contributed by atoms with Gasteiger partial charge in [-0.25, -0.2) is 4.98 Å². The third kappa shape index (κ3) is 4.31. The lowest BCUT2D eigenvalue weighted by Crippen LogP contribution is -2.04. The molecular weight excluding hydrogens is 348 g/mol. The molecule has 1 heterocycles.